The molecule has 0 aromatic heterocycles. The van der Waals surface area contributed by atoms with Gasteiger partial charge < -0.3 is 15.0 Å². The third-order valence-electron chi connectivity index (χ3n) is 3.35. The van der Waals surface area contributed by atoms with Crippen LogP contribution in [0, 0.1) is 0 Å². The standard InChI is InChI=1S/C12H22N2O2/c1-10(8-14-6-2-5-12(14)15)13-11-4-3-7-16-9-11/h10-11,13H,2-9H2,1H3. The van der Waals surface area contributed by atoms with Gasteiger partial charge in [0, 0.05) is 38.2 Å². The number of nitrogens with zero attached hydrogens (tertiary/aromatic N) is 1. The quantitative estimate of drug-likeness (QED) is 0.769. The minimum absolute atomic E-state index is 0.313. The molecule has 0 bridgehead atoms. The Hall–Kier alpha value is -0.610. The Labute approximate surface area is 97.3 Å². The van der Waals surface area contributed by atoms with Crippen molar-refractivity contribution in [2.75, 3.05) is 26.3 Å². The van der Waals surface area contributed by atoms with Crippen molar-refractivity contribution in [1.29, 1.82) is 0 Å². The van der Waals surface area contributed by atoms with Crippen LogP contribution in [0.5, 0.6) is 0 Å². The zero-order chi connectivity index (χ0) is 11.4. The topological polar surface area (TPSA) is 41.6 Å². The molecule has 0 radical (unpaired) electrons. The van der Waals surface area contributed by atoms with Crippen LogP contribution in [0.25, 0.3) is 0 Å². The van der Waals surface area contributed by atoms with Crippen LogP contribution in [0.4, 0.5) is 0 Å². The molecular weight excluding hydrogens is 204 g/mol. The van der Waals surface area contributed by atoms with Gasteiger partial charge in [-0.2, -0.15) is 0 Å². The monoisotopic (exact) mass is 226 g/mol. The Bertz CT molecular complexity index is 239. The van der Waals surface area contributed by atoms with Crippen molar-refractivity contribution >= 4 is 5.91 Å². The van der Waals surface area contributed by atoms with Gasteiger partial charge in [0.1, 0.15) is 0 Å². The summed E-state index contributed by atoms with van der Waals surface area (Å²) in [6, 6.07) is 0.843. The highest BCUT2D eigenvalue weighted by molar-refractivity contribution is 5.78. The largest absolute Gasteiger partial charge is 0.380 e. The number of rotatable bonds is 4. The summed E-state index contributed by atoms with van der Waals surface area (Å²) in [5.41, 5.74) is 0. The van der Waals surface area contributed by atoms with Gasteiger partial charge in [-0.25, -0.2) is 0 Å². The van der Waals surface area contributed by atoms with E-state index in [4.69, 9.17) is 4.74 Å². The SMILES string of the molecule is CC(CN1CCCC1=O)NC1CCCOC1. The zero-order valence-electron chi connectivity index (χ0n) is 10.1. The van der Waals surface area contributed by atoms with E-state index >= 15 is 0 Å². The summed E-state index contributed by atoms with van der Waals surface area (Å²) in [5.74, 6) is 0.313. The fraction of sp³-hybridized carbons (Fsp3) is 0.917. The first-order chi connectivity index (χ1) is 7.75. The number of amides is 1. The first kappa shape index (κ1) is 11.9. The summed E-state index contributed by atoms with van der Waals surface area (Å²) in [6.07, 6.45) is 4.10. The van der Waals surface area contributed by atoms with Gasteiger partial charge in [-0.1, -0.05) is 0 Å². The molecule has 1 N–H and O–H groups in total. The Kier molecular flexibility index (Phi) is 4.18. The van der Waals surface area contributed by atoms with Crippen LogP contribution in [0.15, 0.2) is 0 Å². The van der Waals surface area contributed by atoms with Gasteiger partial charge in [-0.3, -0.25) is 4.79 Å². The molecule has 2 aliphatic heterocycles. The number of carbonyl (C=O) groups excluding carboxylic acids is 1. The average molecular weight is 226 g/mol. The molecular formula is C12H22N2O2. The van der Waals surface area contributed by atoms with Crippen molar-refractivity contribution in [2.45, 2.75) is 44.7 Å². The van der Waals surface area contributed by atoms with Gasteiger partial charge in [0.2, 0.25) is 5.91 Å². The van der Waals surface area contributed by atoms with Crippen LogP contribution in [-0.2, 0) is 9.53 Å². The van der Waals surface area contributed by atoms with E-state index < -0.39 is 0 Å². The molecule has 2 heterocycles. The molecule has 0 aliphatic carbocycles. The normalized spacial score (nSPS) is 28.4. The summed E-state index contributed by atoms with van der Waals surface area (Å²) < 4.78 is 5.43. The number of likely N-dealkylation sites (tertiary alicyclic amines) is 1. The Morgan fingerprint density at radius 3 is 3.06 bits per heavy atom. The molecule has 0 aromatic carbocycles. The van der Waals surface area contributed by atoms with Gasteiger partial charge in [0.05, 0.1) is 6.61 Å². The van der Waals surface area contributed by atoms with Crippen molar-refractivity contribution in [1.82, 2.24) is 10.2 Å². The van der Waals surface area contributed by atoms with Crippen molar-refractivity contribution in [3.05, 3.63) is 0 Å². The van der Waals surface area contributed by atoms with Crippen molar-refractivity contribution in [2.24, 2.45) is 0 Å². The molecule has 1 amide bonds. The second-order valence-electron chi connectivity index (χ2n) is 4.93. The minimum atomic E-state index is 0.313. The molecule has 0 aromatic rings. The summed E-state index contributed by atoms with van der Waals surface area (Å²) in [4.78, 5) is 13.4. The lowest BCUT2D eigenvalue weighted by Crippen LogP contribution is -2.47. The van der Waals surface area contributed by atoms with E-state index in [-0.39, 0.29) is 0 Å². The number of nitrogens with one attached hydrogen (secondary N) is 1. The number of hydrogen-bond acceptors (Lipinski definition) is 3. The number of carbonyl (C=O) groups is 1. The van der Waals surface area contributed by atoms with Gasteiger partial charge in [-0.05, 0) is 26.2 Å². The predicted octanol–water partition coefficient (Wildman–Crippen LogP) is 0.766. The van der Waals surface area contributed by atoms with E-state index in [2.05, 4.69) is 12.2 Å². The van der Waals surface area contributed by atoms with E-state index in [0.29, 0.717) is 18.0 Å². The maximum absolute atomic E-state index is 11.5. The van der Waals surface area contributed by atoms with E-state index in [1.54, 1.807) is 0 Å². The Balaban J connectivity index is 1.70. The Morgan fingerprint density at radius 2 is 2.44 bits per heavy atom. The lowest BCUT2D eigenvalue weighted by molar-refractivity contribution is -0.128. The van der Waals surface area contributed by atoms with Gasteiger partial charge in [0.25, 0.3) is 0 Å². The van der Waals surface area contributed by atoms with Gasteiger partial charge in [0.15, 0.2) is 0 Å². The molecule has 2 aliphatic rings. The summed E-state index contributed by atoms with van der Waals surface area (Å²) >= 11 is 0. The molecule has 2 unspecified atom stereocenters. The van der Waals surface area contributed by atoms with Gasteiger partial charge in [-0.15, -0.1) is 0 Å². The molecule has 2 saturated heterocycles. The maximum Gasteiger partial charge on any atom is 0.222 e. The second-order valence-corrected chi connectivity index (χ2v) is 4.93. The predicted molar refractivity (Wildman–Crippen MR) is 62.3 cm³/mol. The summed E-state index contributed by atoms with van der Waals surface area (Å²) in [7, 11) is 0. The average Bonchev–Trinajstić information content (AvgIpc) is 2.66. The zero-order valence-corrected chi connectivity index (χ0v) is 10.1. The van der Waals surface area contributed by atoms with Crippen molar-refractivity contribution < 1.29 is 9.53 Å². The van der Waals surface area contributed by atoms with E-state index in [9.17, 15) is 4.79 Å². The molecule has 2 atom stereocenters. The third-order valence-corrected chi connectivity index (χ3v) is 3.35. The first-order valence-corrected chi connectivity index (χ1v) is 6.37. The number of hydrogen-bond donors (Lipinski definition) is 1. The van der Waals surface area contributed by atoms with E-state index in [1.165, 1.54) is 6.42 Å². The molecule has 0 spiro atoms. The highest BCUT2D eigenvalue weighted by Gasteiger charge is 2.23. The molecule has 0 saturated carbocycles. The lowest BCUT2D eigenvalue weighted by Gasteiger charge is -2.29. The smallest absolute Gasteiger partial charge is 0.222 e. The fourth-order valence-corrected chi connectivity index (χ4v) is 2.55. The highest BCUT2D eigenvalue weighted by atomic mass is 16.5. The Morgan fingerprint density at radius 1 is 1.56 bits per heavy atom. The molecule has 4 heteroatoms. The van der Waals surface area contributed by atoms with Crippen LogP contribution in [-0.4, -0.2) is 49.2 Å². The van der Waals surface area contributed by atoms with Crippen LogP contribution < -0.4 is 5.32 Å². The maximum atomic E-state index is 11.5. The fourth-order valence-electron chi connectivity index (χ4n) is 2.55. The van der Waals surface area contributed by atoms with Crippen molar-refractivity contribution in [3.63, 3.8) is 0 Å². The molecule has 2 rings (SSSR count). The van der Waals surface area contributed by atoms with Crippen LogP contribution >= 0.6 is 0 Å². The third kappa shape index (κ3) is 3.19. The summed E-state index contributed by atoms with van der Waals surface area (Å²) in [6.45, 7) is 5.65. The van der Waals surface area contributed by atoms with Crippen LogP contribution in [0.2, 0.25) is 0 Å². The summed E-state index contributed by atoms with van der Waals surface area (Å²) in [5, 5.41) is 3.55. The highest BCUT2D eigenvalue weighted by Crippen LogP contribution is 2.11. The van der Waals surface area contributed by atoms with E-state index in [1.807, 2.05) is 4.90 Å². The minimum Gasteiger partial charge on any atom is -0.380 e. The molecule has 4 nitrogen and oxygen atoms in total. The second kappa shape index (κ2) is 5.64. The van der Waals surface area contributed by atoms with Gasteiger partial charge >= 0.3 is 0 Å². The van der Waals surface area contributed by atoms with Crippen molar-refractivity contribution in [3.8, 4) is 0 Å². The number of ether oxygens (including phenoxy) is 1. The van der Waals surface area contributed by atoms with E-state index in [0.717, 1.165) is 45.6 Å². The van der Waals surface area contributed by atoms with Crippen LogP contribution in [0.3, 0.4) is 0 Å². The first-order valence-electron chi connectivity index (χ1n) is 6.37. The lowest BCUT2D eigenvalue weighted by atomic mass is 10.1. The molecule has 92 valence electrons. The van der Waals surface area contributed by atoms with Crippen LogP contribution in [0.1, 0.15) is 32.6 Å². The molecule has 2 fully saturated rings. The molecule has 16 heavy (non-hydrogen) atoms.